The van der Waals surface area contributed by atoms with Gasteiger partial charge in [0.15, 0.2) is 0 Å². The van der Waals surface area contributed by atoms with Crippen molar-refractivity contribution in [1.29, 1.82) is 0 Å². The Bertz CT molecular complexity index is 672. The Balaban J connectivity index is 1.98. The monoisotopic (exact) mass is 307 g/mol. The highest BCUT2D eigenvalue weighted by molar-refractivity contribution is 5.60. The summed E-state index contributed by atoms with van der Waals surface area (Å²) in [6.45, 7) is 7.33. The molecule has 3 aliphatic carbocycles. The highest BCUT2D eigenvalue weighted by atomic mass is 16.3. The van der Waals surface area contributed by atoms with E-state index in [9.17, 15) is 5.11 Å². The fourth-order valence-electron chi connectivity index (χ4n) is 4.84. The summed E-state index contributed by atoms with van der Waals surface area (Å²) in [5, 5.41) is 11.2. The van der Waals surface area contributed by atoms with Gasteiger partial charge in [0.25, 0.3) is 0 Å². The van der Waals surface area contributed by atoms with Crippen LogP contribution in [0, 0.1) is 0 Å². The Hall–Kier alpha value is -1.64. The number of nitrogens with zero attached hydrogens (tertiary/aromatic N) is 1. The number of likely N-dealkylation sites (N-methyl/N-ethyl adjacent to an activating group) is 1. The van der Waals surface area contributed by atoms with Crippen molar-refractivity contribution in [2.45, 2.75) is 37.7 Å². The van der Waals surface area contributed by atoms with Crippen LogP contribution in [0.25, 0.3) is 0 Å². The van der Waals surface area contributed by atoms with Crippen LogP contribution >= 0.6 is 0 Å². The Morgan fingerprint density at radius 2 is 1.48 bits per heavy atom. The number of aliphatic hydroxyl groups excluding tert-OH is 1. The van der Waals surface area contributed by atoms with Crippen molar-refractivity contribution in [3.8, 4) is 0 Å². The maximum atomic E-state index is 11.2. The largest absolute Gasteiger partial charge is 0.392 e. The van der Waals surface area contributed by atoms with Crippen LogP contribution in [-0.2, 0) is 5.41 Å². The van der Waals surface area contributed by atoms with Gasteiger partial charge in [-0.3, -0.25) is 0 Å². The predicted molar refractivity (Wildman–Crippen MR) is 93.9 cm³/mol. The minimum Gasteiger partial charge on any atom is -0.392 e. The highest BCUT2D eigenvalue weighted by Gasteiger charge is 2.54. The van der Waals surface area contributed by atoms with Crippen molar-refractivity contribution in [2.24, 2.45) is 0 Å². The van der Waals surface area contributed by atoms with E-state index in [-0.39, 0.29) is 11.5 Å². The van der Waals surface area contributed by atoms with E-state index in [0.29, 0.717) is 5.92 Å². The van der Waals surface area contributed by atoms with Gasteiger partial charge in [-0.05, 0) is 41.8 Å². The van der Waals surface area contributed by atoms with Crippen molar-refractivity contribution in [1.82, 2.24) is 4.90 Å². The Labute approximate surface area is 138 Å². The fraction of sp³-hybridized carbons (Fsp3) is 0.429. The molecule has 0 spiro atoms. The molecule has 0 amide bonds. The standard InChI is InChI=1S/C21H25NO/c1-3-22(4-2)14-21-18-11-7-5-9-15(18)17(13-20(21)23)16-10-6-8-12-19(16)21/h5-12,17,20,23H,3-4,13-14H2,1-2H3. The smallest absolute Gasteiger partial charge is 0.0699 e. The SMILES string of the molecule is CCN(CC)CC12c3ccccc3C(CC1O)c1ccccc12. The van der Waals surface area contributed by atoms with Crippen LogP contribution in [0.2, 0.25) is 0 Å². The Kier molecular flexibility index (Phi) is 3.55. The molecular weight excluding hydrogens is 282 g/mol. The van der Waals surface area contributed by atoms with Crippen molar-refractivity contribution >= 4 is 0 Å². The summed E-state index contributed by atoms with van der Waals surface area (Å²) in [5.41, 5.74) is 5.24. The van der Waals surface area contributed by atoms with Gasteiger partial charge < -0.3 is 10.0 Å². The Morgan fingerprint density at radius 3 is 2.00 bits per heavy atom. The topological polar surface area (TPSA) is 23.5 Å². The first kappa shape index (κ1) is 14.9. The zero-order valence-electron chi connectivity index (χ0n) is 14.0. The lowest BCUT2D eigenvalue weighted by atomic mass is 9.53. The molecule has 2 bridgehead atoms. The molecule has 0 aliphatic heterocycles. The van der Waals surface area contributed by atoms with Crippen LogP contribution in [0.3, 0.4) is 0 Å². The second kappa shape index (κ2) is 5.47. The molecule has 2 aromatic carbocycles. The van der Waals surface area contributed by atoms with Crippen LogP contribution in [-0.4, -0.2) is 35.7 Å². The molecule has 1 N–H and O–H groups in total. The molecule has 0 saturated heterocycles. The number of aliphatic hydroxyl groups is 1. The van der Waals surface area contributed by atoms with E-state index in [1.807, 2.05) is 0 Å². The van der Waals surface area contributed by atoms with Gasteiger partial charge >= 0.3 is 0 Å². The molecule has 0 saturated carbocycles. The third-order valence-corrected chi connectivity index (χ3v) is 6.03. The summed E-state index contributed by atoms with van der Waals surface area (Å²) < 4.78 is 0. The molecule has 120 valence electrons. The highest BCUT2D eigenvalue weighted by Crippen LogP contribution is 2.56. The van der Waals surface area contributed by atoms with Gasteiger partial charge in [0, 0.05) is 12.5 Å². The number of fused-ring (bicyclic) bond motifs is 1. The van der Waals surface area contributed by atoms with Crippen molar-refractivity contribution in [3.05, 3.63) is 70.8 Å². The fourth-order valence-corrected chi connectivity index (χ4v) is 4.84. The van der Waals surface area contributed by atoms with Gasteiger partial charge in [-0.2, -0.15) is 0 Å². The third kappa shape index (κ3) is 1.95. The van der Waals surface area contributed by atoms with Crippen LogP contribution in [0.5, 0.6) is 0 Å². The number of benzene rings is 2. The third-order valence-electron chi connectivity index (χ3n) is 6.03. The first-order chi connectivity index (χ1) is 11.2. The molecule has 2 nitrogen and oxygen atoms in total. The van der Waals surface area contributed by atoms with Gasteiger partial charge in [0.1, 0.15) is 0 Å². The van der Waals surface area contributed by atoms with E-state index >= 15 is 0 Å². The average Bonchev–Trinajstić information content (AvgIpc) is 2.61. The predicted octanol–water partition coefficient (Wildman–Crippen LogP) is 3.52. The van der Waals surface area contributed by atoms with Crippen LogP contribution < -0.4 is 0 Å². The van der Waals surface area contributed by atoms with Gasteiger partial charge in [-0.1, -0.05) is 62.4 Å². The number of rotatable bonds is 4. The van der Waals surface area contributed by atoms with E-state index in [1.54, 1.807) is 0 Å². The molecule has 0 heterocycles. The van der Waals surface area contributed by atoms with Gasteiger partial charge in [-0.25, -0.2) is 0 Å². The second-order valence-corrected chi connectivity index (χ2v) is 6.91. The summed E-state index contributed by atoms with van der Waals surface area (Å²) >= 11 is 0. The quantitative estimate of drug-likeness (QED) is 0.934. The first-order valence-corrected chi connectivity index (χ1v) is 8.81. The van der Waals surface area contributed by atoms with Gasteiger partial charge in [-0.15, -0.1) is 0 Å². The lowest BCUT2D eigenvalue weighted by molar-refractivity contribution is 0.0463. The van der Waals surface area contributed by atoms with E-state index in [0.717, 1.165) is 26.1 Å². The van der Waals surface area contributed by atoms with Crippen molar-refractivity contribution in [3.63, 3.8) is 0 Å². The van der Waals surface area contributed by atoms with E-state index in [4.69, 9.17) is 0 Å². The van der Waals surface area contributed by atoms with Gasteiger partial charge in [0.2, 0.25) is 0 Å². The average molecular weight is 307 g/mol. The maximum absolute atomic E-state index is 11.2. The molecule has 0 radical (unpaired) electrons. The van der Waals surface area contributed by atoms with E-state index in [2.05, 4.69) is 67.3 Å². The summed E-state index contributed by atoms with van der Waals surface area (Å²) in [6, 6.07) is 17.5. The van der Waals surface area contributed by atoms with E-state index in [1.165, 1.54) is 22.3 Å². The summed E-state index contributed by atoms with van der Waals surface area (Å²) in [7, 11) is 0. The zero-order chi connectivity index (χ0) is 16.0. The molecule has 5 rings (SSSR count). The Morgan fingerprint density at radius 1 is 0.957 bits per heavy atom. The molecule has 1 unspecified atom stereocenters. The van der Waals surface area contributed by atoms with Crippen LogP contribution in [0.1, 0.15) is 48.4 Å². The summed E-state index contributed by atoms with van der Waals surface area (Å²) in [6.07, 6.45) is 0.535. The van der Waals surface area contributed by atoms with Gasteiger partial charge in [0.05, 0.1) is 11.5 Å². The van der Waals surface area contributed by atoms with Crippen molar-refractivity contribution in [2.75, 3.05) is 19.6 Å². The molecule has 2 heteroatoms. The van der Waals surface area contributed by atoms with Crippen molar-refractivity contribution < 1.29 is 5.11 Å². The molecular formula is C21H25NO. The molecule has 2 aromatic rings. The lowest BCUT2D eigenvalue weighted by Crippen LogP contribution is -2.56. The first-order valence-electron chi connectivity index (χ1n) is 8.81. The summed E-state index contributed by atoms with van der Waals surface area (Å²) in [5.74, 6) is 0.343. The lowest BCUT2D eigenvalue weighted by Gasteiger charge is -2.53. The number of hydrogen-bond donors (Lipinski definition) is 1. The molecule has 23 heavy (non-hydrogen) atoms. The normalized spacial score (nSPS) is 27.8. The zero-order valence-corrected chi connectivity index (χ0v) is 14.0. The minimum atomic E-state index is -0.308. The van der Waals surface area contributed by atoms with Crippen LogP contribution in [0.4, 0.5) is 0 Å². The second-order valence-electron chi connectivity index (χ2n) is 6.91. The molecule has 0 fully saturated rings. The number of hydrogen-bond acceptors (Lipinski definition) is 2. The van der Waals surface area contributed by atoms with E-state index < -0.39 is 0 Å². The summed E-state index contributed by atoms with van der Waals surface area (Å²) in [4.78, 5) is 2.45. The molecule has 0 aromatic heterocycles. The maximum Gasteiger partial charge on any atom is 0.0699 e. The minimum absolute atomic E-state index is 0.284. The molecule has 1 atom stereocenters. The molecule has 3 aliphatic rings. The van der Waals surface area contributed by atoms with Crippen LogP contribution in [0.15, 0.2) is 48.5 Å².